The molecule has 7 heteroatoms. The predicted octanol–water partition coefficient (Wildman–Crippen LogP) is 4.65. The van der Waals surface area contributed by atoms with E-state index in [1.165, 1.54) is 6.08 Å². The molecule has 1 N–H and O–H groups in total. The van der Waals surface area contributed by atoms with Crippen LogP contribution in [-0.4, -0.2) is 22.6 Å². The van der Waals surface area contributed by atoms with Crippen molar-refractivity contribution < 1.29 is 9.53 Å². The quantitative estimate of drug-likeness (QED) is 0.595. The molecule has 144 valence electrons. The van der Waals surface area contributed by atoms with Gasteiger partial charge >= 0.3 is 0 Å². The van der Waals surface area contributed by atoms with Crippen LogP contribution in [-0.2, 0) is 11.8 Å². The minimum Gasteiger partial charge on any atom is -0.497 e. The fraction of sp³-hybridized carbons (Fsp3) is 0.143. The number of nitrogens with zero attached hydrogens (tertiary/aromatic N) is 2. The fourth-order valence-electron chi connectivity index (χ4n) is 2.75. The maximum atomic E-state index is 12.6. The van der Waals surface area contributed by atoms with Gasteiger partial charge in [-0.3, -0.25) is 4.79 Å². The van der Waals surface area contributed by atoms with Crippen molar-refractivity contribution in [3.8, 4) is 5.75 Å². The summed E-state index contributed by atoms with van der Waals surface area (Å²) in [6, 6.07) is 12.3. The highest BCUT2D eigenvalue weighted by Crippen LogP contribution is 2.27. The Balaban J connectivity index is 1.84. The normalized spacial score (nSPS) is 12.1. The molecule has 1 amide bonds. The molecule has 0 bridgehead atoms. The second kappa shape index (κ2) is 8.95. The molecule has 1 aromatic heterocycles. The Morgan fingerprint density at radius 1 is 1.21 bits per heavy atom. The summed E-state index contributed by atoms with van der Waals surface area (Å²) in [5.74, 6) is 1.18. The molecule has 0 radical (unpaired) electrons. The number of ether oxygens (including phenoxy) is 1. The molecule has 1 unspecified atom stereocenters. The molecule has 0 aliphatic carbocycles. The topological polar surface area (TPSA) is 56.1 Å². The third-order valence-electron chi connectivity index (χ3n) is 4.25. The SMILES string of the molecule is COc1ccc(C(NC(=O)/C=C/c2cccc(Cl)c2Cl)c2nccn2C)cc1. The first-order chi connectivity index (χ1) is 13.5. The van der Waals surface area contributed by atoms with E-state index >= 15 is 0 Å². The highest BCUT2D eigenvalue weighted by atomic mass is 35.5. The number of aryl methyl sites for hydroxylation is 1. The van der Waals surface area contributed by atoms with E-state index in [0.29, 0.717) is 21.4 Å². The van der Waals surface area contributed by atoms with Gasteiger partial charge in [0.1, 0.15) is 17.6 Å². The highest BCUT2D eigenvalue weighted by molar-refractivity contribution is 6.42. The monoisotopic (exact) mass is 415 g/mol. The van der Waals surface area contributed by atoms with Crippen molar-refractivity contribution in [3.05, 3.63) is 87.9 Å². The number of halogens is 2. The Morgan fingerprint density at radius 2 is 1.96 bits per heavy atom. The predicted molar refractivity (Wildman–Crippen MR) is 112 cm³/mol. The zero-order chi connectivity index (χ0) is 20.1. The van der Waals surface area contributed by atoms with Crippen LogP contribution in [0.1, 0.15) is 23.0 Å². The second-order valence-electron chi connectivity index (χ2n) is 6.09. The number of hydrogen-bond donors (Lipinski definition) is 1. The first-order valence-electron chi connectivity index (χ1n) is 8.53. The summed E-state index contributed by atoms with van der Waals surface area (Å²) in [6.45, 7) is 0. The summed E-state index contributed by atoms with van der Waals surface area (Å²) >= 11 is 12.2. The van der Waals surface area contributed by atoms with Crippen LogP contribution >= 0.6 is 23.2 Å². The number of carbonyl (C=O) groups excluding carboxylic acids is 1. The molecule has 3 rings (SSSR count). The number of benzene rings is 2. The van der Waals surface area contributed by atoms with Crippen molar-refractivity contribution in [1.82, 2.24) is 14.9 Å². The number of amides is 1. The fourth-order valence-corrected chi connectivity index (χ4v) is 3.12. The lowest BCUT2D eigenvalue weighted by Gasteiger charge is -2.18. The largest absolute Gasteiger partial charge is 0.497 e. The average molecular weight is 416 g/mol. The lowest BCUT2D eigenvalue weighted by molar-refractivity contribution is -0.117. The van der Waals surface area contributed by atoms with E-state index in [1.807, 2.05) is 42.1 Å². The molecule has 3 aromatic rings. The molecule has 0 saturated heterocycles. The first-order valence-corrected chi connectivity index (χ1v) is 9.29. The van der Waals surface area contributed by atoms with E-state index in [0.717, 1.165) is 11.3 Å². The van der Waals surface area contributed by atoms with Crippen LogP contribution in [0.5, 0.6) is 5.75 Å². The van der Waals surface area contributed by atoms with Crippen LogP contribution in [0.25, 0.3) is 6.08 Å². The van der Waals surface area contributed by atoms with Gasteiger partial charge in [0.05, 0.1) is 17.2 Å². The summed E-state index contributed by atoms with van der Waals surface area (Å²) in [7, 11) is 3.49. The Hall–Kier alpha value is -2.76. The maximum absolute atomic E-state index is 12.6. The van der Waals surface area contributed by atoms with Crippen molar-refractivity contribution >= 4 is 35.2 Å². The van der Waals surface area contributed by atoms with Gasteiger partial charge < -0.3 is 14.6 Å². The molecule has 0 spiro atoms. The van der Waals surface area contributed by atoms with Gasteiger partial charge in [0.2, 0.25) is 5.91 Å². The average Bonchev–Trinajstić information content (AvgIpc) is 3.13. The van der Waals surface area contributed by atoms with Crippen molar-refractivity contribution in [2.24, 2.45) is 7.05 Å². The van der Waals surface area contributed by atoms with E-state index < -0.39 is 6.04 Å². The minimum atomic E-state index is -0.419. The lowest BCUT2D eigenvalue weighted by atomic mass is 10.1. The molecule has 2 aromatic carbocycles. The van der Waals surface area contributed by atoms with Crippen molar-refractivity contribution in [2.75, 3.05) is 7.11 Å². The third-order valence-corrected chi connectivity index (χ3v) is 5.08. The maximum Gasteiger partial charge on any atom is 0.244 e. The molecular formula is C21H19Cl2N3O2. The van der Waals surface area contributed by atoms with Crippen molar-refractivity contribution in [1.29, 1.82) is 0 Å². The number of aromatic nitrogens is 2. The number of rotatable bonds is 6. The minimum absolute atomic E-state index is 0.278. The first kappa shape index (κ1) is 20.0. The van der Waals surface area contributed by atoms with E-state index in [9.17, 15) is 4.79 Å². The molecule has 5 nitrogen and oxygen atoms in total. The summed E-state index contributed by atoms with van der Waals surface area (Å²) < 4.78 is 7.08. The molecule has 0 saturated carbocycles. The van der Waals surface area contributed by atoms with Gasteiger partial charge in [-0.1, -0.05) is 47.5 Å². The van der Waals surface area contributed by atoms with Crippen LogP contribution in [0.3, 0.4) is 0 Å². The van der Waals surface area contributed by atoms with Gasteiger partial charge in [-0.2, -0.15) is 0 Å². The van der Waals surface area contributed by atoms with Crippen LogP contribution < -0.4 is 10.1 Å². The van der Waals surface area contributed by atoms with E-state index in [2.05, 4.69) is 10.3 Å². The number of nitrogens with one attached hydrogen (secondary N) is 1. The second-order valence-corrected chi connectivity index (χ2v) is 6.87. The molecule has 28 heavy (non-hydrogen) atoms. The Bertz CT molecular complexity index is 997. The standard InChI is InChI=1S/C21H19Cl2N3O2/c1-26-13-12-24-21(26)20(15-6-9-16(28-2)10-7-15)25-18(27)11-8-14-4-3-5-17(22)19(14)23/h3-13,20H,1-2H3,(H,25,27)/b11-8+. The summed E-state index contributed by atoms with van der Waals surface area (Å²) in [5, 5.41) is 3.84. The van der Waals surface area contributed by atoms with Crippen molar-refractivity contribution in [3.63, 3.8) is 0 Å². The van der Waals surface area contributed by atoms with Gasteiger partial charge in [0.15, 0.2) is 0 Å². The van der Waals surface area contributed by atoms with Gasteiger partial charge in [-0.15, -0.1) is 0 Å². The summed E-state index contributed by atoms with van der Waals surface area (Å²) in [6.07, 6.45) is 6.59. The Labute approximate surface area is 173 Å². The molecule has 1 heterocycles. The summed E-state index contributed by atoms with van der Waals surface area (Å²) in [4.78, 5) is 17.0. The van der Waals surface area contributed by atoms with Gasteiger partial charge in [0, 0.05) is 25.5 Å². The van der Waals surface area contributed by atoms with Crippen LogP contribution in [0.15, 0.2) is 60.9 Å². The smallest absolute Gasteiger partial charge is 0.244 e. The number of methoxy groups -OCH3 is 1. The number of imidazole rings is 1. The van der Waals surface area contributed by atoms with E-state index in [-0.39, 0.29) is 5.91 Å². The zero-order valence-electron chi connectivity index (χ0n) is 15.4. The zero-order valence-corrected chi connectivity index (χ0v) is 16.9. The van der Waals surface area contributed by atoms with Gasteiger partial charge in [-0.25, -0.2) is 4.98 Å². The van der Waals surface area contributed by atoms with Gasteiger partial charge in [-0.05, 0) is 35.4 Å². The lowest BCUT2D eigenvalue weighted by Crippen LogP contribution is -2.29. The molecule has 0 aliphatic rings. The third kappa shape index (κ3) is 4.55. The molecular weight excluding hydrogens is 397 g/mol. The molecule has 1 atom stereocenters. The van der Waals surface area contributed by atoms with Crippen LogP contribution in [0.2, 0.25) is 10.0 Å². The highest BCUT2D eigenvalue weighted by Gasteiger charge is 2.20. The molecule has 0 aliphatic heterocycles. The molecule has 0 fully saturated rings. The Morgan fingerprint density at radius 3 is 2.61 bits per heavy atom. The number of hydrogen-bond acceptors (Lipinski definition) is 3. The van der Waals surface area contributed by atoms with Crippen molar-refractivity contribution in [2.45, 2.75) is 6.04 Å². The van der Waals surface area contributed by atoms with Crippen LogP contribution in [0.4, 0.5) is 0 Å². The van der Waals surface area contributed by atoms with E-state index in [4.69, 9.17) is 27.9 Å². The Kier molecular flexibility index (Phi) is 6.39. The summed E-state index contributed by atoms with van der Waals surface area (Å²) in [5.41, 5.74) is 1.56. The number of carbonyl (C=O) groups is 1. The van der Waals surface area contributed by atoms with Gasteiger partial charge in [0.25, 0.3) is 0 Å². The van der Waals surface area contributed by atoms with E-state index in [1.54, 1.807) is 37.6 Å². The van der Waals surface area contributed by atoms with Crippen LogP contribution in [0, 0.1) is 0 Å².